The van der Waals surface area contributed by atoms with Gasteiger partial charge in [0.25, 0.3) is 0 Å². The summed E-state index contributed by atoms with van der Waals surface area (Å²) in [7, 11) is 0. The zero-order valence-corrected chi connectivity index (χ0v) is 10.3. The van der Waals surface area contributed by atoms with Crippen molar-refractivity contribution < 1.29 is 0 Å². The fourth-order valence-electron chi connectivity index (χ4n) is 1.66. The molecule has 0 radical (unpaired) electrons. The van der Waals surface area contributed by atoms with Crippen LogP contribution >= 0.6 is 0 Å². The van der Waals surface area contributed by atoms with Crippen LogP contribution in [0.1, 0.15) is 72.1 Å². The number of hydrogen-bond donors (Lipinski definition) is 0. The van der Waals surface area contributed by atoms with Gasteiger partial charge in [-0.3, -0.25) is 4.99 Å². The molecule has 0 N–H and O–H groups in total. The highest BCUT2D eigenvalue weighted by Crippen LogP contribution is 2.08. The van der Waals surface area contributed by atoms with Crippen LogP contribution in [0, 0.1) is 0 Å². The van der Waals surface area contributed by atoms with Gasteiger partial charge in [-0.25, -0.2) is 0 Å². The van der Waals surface area contributed by atoms with Gasteiger partial charge in [-0.15, -0.1) is 0 Å². The van der Waals surface area contributed by atoms with Crippen LogP contribution in [0.25, 0.3) is 0 Å². The molecule has 0 fully saturated rings. The molecule has 0 unspecified atom stereocenters. The highest BCUT2D eigenvalue weighted by atomic mass is 14.7. The van der Waals surface area contributed by atoms with Gasteiger partial charge in [-0.05, 0) is 32.6 Å². The van der Waals surface area contributed by atoms with Gasteiger partial charge in [0.2, 0.25) is 0 Å². The second-order valence-corrected chi connectivity index (χ2v) is 3.95. The number of unbranched alkanes of at least 4 members (excludes halogenated alkanes) is 4. The van der Waals surface area contributed by atoms with Gasteiger partial charge < -0.3 is 0 Å². The molecule has 0 saturated heterocycles. The molecule has 0 aromatic rings. The molecule has 0 rings (SSSR count). The molecule has 0 aliphatic heterocycles. The van der Waals surface area contributed by atoms with Gasteiger partial charge >= 0.3 is 0 Å². The van der Waals surface area contributed by atoms with Crippen molar-refractivity contribution in [3.8, 4) is 0 Å². The van der Waals surface area contributed by atoms with Crippen LogP contribution in [0.15, 0.2) is 4.99 Å². The van der Waals surface area contributed by atoms with Crippen molar-refractivity contribution in [2.75, 3.05) is 6.54 Å². The summed E-state index contributed by atoms with van der Waals surface area (Å²) in [5.74, 6) is 0. The Labute approximate surface area is 90.0 Å². The minimum Gasteiger partial charge on any atom is -0.294 e. The van der Waals surface area contributed by atoms with Crippen LogP contribution in [0.3, 0.4) is 0 Å². The molecule has 14 heavy (non-hydrogen) atoms. The van der Waals surface area contributed by atoms with Gasteiger partial charge in [0.1, 0.15) is 0 Å². The lowest BCUT2D eigenvalue weighted by Gasteiger charge is -2.05. The largest absolute Gasteiger partial charge is 0.294 e. The van der Waals surface area contributed by atoms with E-state index in [0.717, 1.165) is 6.54 Å². The lowest BCUT2D eigenvalue weighted by atomic mass is 10.1. The molecule has 0 bridgehead atoms. The van der Waals surface area contributed by atoms with Gasteiger partial charge in [0.05, 0.1) is 0 Å². The smallest absolute Gasteiger partial charge is 0.0360 e. The number of hydrogen-bond acceptors (Lipinski definition) is 1. The van der Waals surface area contributed by atoms with Crippen molar-refractivity contribution in [1.29, 1.82) is 0 Å². The van der Waals surface area contributed by atoms with Crippen molar-refractivity contribution in [1.82, 2.24) is 0 Å². The Balaban J connectivity index is 3.61. The Morgan fingerprint density at radius 2 is 1.29 bits per heavy atom. The van der Waals surface area contributed by atoms with E-state index < -0.39 is 0 Å². The Hall–Kier alpha value is -0.330. The molecule has 0 heterocycles. The second kappa shape index (κ2) is 10.7. The molecule has 0 aliphatic rings. The molecule has 84 valence electrons. The number of nitrogens with zero attached hydrogens (tertiary/aromatic N) is 1. The normalized spacial score (nSPS) is 10.2. The molecule has 0 aromatic heterocycles. The van der Waals surface area contributed by atoms with Crippen LogP contribution in [-0.2, 0) is 0 Å². The first-order chi connectivity index (χ1) is 6.85. The van der Waals surface area contributed by atoms with E-state index in [1.807, 2.05) is 0 Å². The molecular weight excluding hydrogens is 170 g/mol. The van der Waals surface area contributed by atoms with Gasteiger partial charge in [0.15, 0.2) is 0 Å². The third-order valence-corrected chi connectivity index (χ3v) is 2.52. The maximum absolute atomic E-state index is 4.58. The zero-order valence-electron chi connectivity index (χ0n) is 10.3. The highest BCUT2D eigenvalue weighted by molar-refractivity contribution is 5.84. The Kier molecular flexibility index (Phi) is 10.5. The minimum absolute atomic E-state index is 0.966. The first kappa shape index (κ1) is 13.7. The molecule has 0 aliphatic carbocycles. The van der Waals surface area contributed by atoms with Gasteiger partial charge in [0, 0.05) is 12.3 Å². The van der Waals surface area contributed by atoms with Crippen LogP contribution in [0.2, 0.25) is 0 Å². The monoisotopic (exact) mass is 197 g/mol. The zero-order chi connectivity index (χ0) is 10.6. The van der Waals surface area contributed by atoms with Crippen molar-refractivity contribution in [2.24, 2.45) is 4.99 Å². The van der Waals surface area contributed by atoms with E-state index in [1.165, 1.54) is 57.1 Å². The van der Waals surface area contributed by atoms with Crippen LogP contribution in [0.5, 0.6) is 0 Å². The molecule has 0 amide bonds. The van der Waals surface area contributed by atoms with E-state index in [-0.39, 0.29) is 0 Å². The van der Waals surface area contributed by atoms with Crippen molar-refractivity contribution in [3.05, 3.63) is 0 Å². The fourth-order valence-corrected chi connectivity index (χ4v) is 1.66. The summed E-state index contributed by atoms with van der Waals surface area (Å²) >= 11 is 0. The maximum atomic E-state index is 4.58. The summed E-state index contributed by atoms with van der Waals surface area (Å²) < 4.78 is 0. The predicted octanol–water partition coefficient (Wildman–Crippen LogP) is 4.61. The molecular formula is C13H27N. The first-order valence-electron chi connectivity index (χ1n) is 6.37. The predicted molar refractivity (Wildman–Crippen MR) is 66.3 cm³/mol. The van der Waals surface area contributed by atoms with E-state index in [9.17, 15) is 0 Å². The van der Waals surface area contributed by atoms with Crippen LogP contribution in [0.4, 0.5) is 0 Å². The molecule has 0 atom stereocenters. The molecule has 0 aromatic carbocycles. The first-order valence-corrected chi connectivity index (χ1v) is 6.37. The van der Waals surface area contributed by atoms with E-state index in [4.69, 9.17) is 0 Å². The van der Waals surface area contributed by atoms with Crippen molar-refractivity contribution in [2.45, 2.75) is 72.1 Å². The molecule has 1 heteroatoms. The van der Waals surface area contributed by atoms with Gasteiger partial charge in [-0.1, -0.05) is 39.5 Å². The summed E-state index contributed by atoms with van der Waals surface area (Å²) in [6.07, 6.45) is 10.5. The van der Waals surface area contributed by atoms with Crippen LogP contribution < -0.4 is 0 Å². The lowest BCUT2D eigenvalue weighted by molar-refractivity contribution is 0.708. The van der Waals surface area contributed by atoms with E-state index >= 15 is 0 Å². The standard InChI is InChI=1S/C13H27N/c1-4-7-9-11-13(14-6-3)12-10-8-5-2/h4-12H2,1-3H3. The summed E-state index contributed by atoms with van der Waals surface area (Å²) in [5, 5.41) is 0. The van der Waals surface area contributed by atoms with Gasteiger partial charge in [-0.2, -0.15) is 0 Å². The summed E-state index contributed by atoms with van der Waals surface area (Å²) in [6, 6.07) is 0. The maximum Gasteiger partial charge on any atom is 0.0360 e. The Morgan fingerprint density at radius 3 is 1.64 bits per heavy atom. The fraction of sp³-hybridized carbons (Fsp3) is 0.923. The molecule has 0 spiro atoms. The van der Waals surface area contributed by atoms with Crippen molar-refractivity contribution >= 4 is 5.71 Å². The summed E-state index contributed by atoms with van der Waals surface area (Å²) in [6.45, 7) is 7.62. The van der Waals surface area contributed by atoms with E-state index in [2.05, 4.69) is 25.8 Å². The summed E-state index contributed by atoms with van der Waals surface area (Å²) in [4.78, 5) is 4.58. The average molecular weight is 197 g/mol. The Morgan fingerprint density at radius 1 is 0.786 bits per heavy atom. The van der Waals surface area contributed by atoms with Crippen molar-refractivity contribution in [3.63, 3.8) is 0 Å². The number of aliphatic imine (C=N–C) groups is 1. The second-order valence-electron chi connectivity index (χ2n) is 3.95. The lowest BCUT2D eigenvalue weighted by Crippen LogP contribution is -1.99. The molecule has 0 saturated carbocycles. The topological polar surface area (TPSA) is 12.4 Å². The van der Waals surface area contributed by atoms with E-state index in [0.29, 0.717) is 0 Å². The third-order valence-electron chi connectivity index (χ3n) is 2.52. The average Bonchev–Trinajstić information content (AvgIpc) is 2.18. The highest BCUT2D eigenvalue weighted by Gasteiger charge is 1.98. The quantitative estimate of drug-likeness (QED) is 0.378. The molecule has 1 nitrogen and oxygen atoms in total. The van der Waals surface area contributed by atoms with Crippen LogP contribution in [-0.4, -0.2) is 12.3 Å². The number of rotatable bonds is 9. The van der Waals surface area contributed by atoms with E-state index in [1.54, 1.807) is 0 Å². The Bertz CT molecular complexity index is 126. The minimum atomic E-state index is 0.966. The summed E-state index contributed by atoms with van der Waals surface area (Å²) in [5.41, 5.74) is 1.47. The SMILES string of the molecule is CCCCCC(CCCCC)=NCC. The third kappa shape index (κ3) is 8.28.